The lowest BCUT2D eigenvalue weighted by Gasteiger charge is -2.30. The molecule has 7 heteroatoms. The van der Waals surface area contributed by atoms with Crippen LogP contribution < -0.4 is 11.1 Å². The van der Waals surface area contributed by atoms with E-state index in [1.165, 1.54) is 11.3 Å². The Morgan fingerprint density at radius 2 is 2.17 bits per heavy atom. The van der Waals surface area contributed by atoms with Crippen LogP contribution >= 0.6 is 23.1 Å². The van der Waals surface area contributed by atoms with Gasteiger partial charge in [-0.3, -0.25) is 9.79 Å². The molecule has 2 aromatic rings. The first-order chi connectivity index (χ1) is 11.4. The topological polar surface area (TPSA) is 80.4 Å². The summed E-state index contributed by atoms with van der Waals surface area (Å²) in [6.07, 6.45) is 0.920. The Kier molecular flexibility index (Phi) is 4.64. The second kappa shape index (κ2) is 6.57. The molecule has 0 saturated carbocycles. The van der Waals surface area contributed by atoms with Crippen molar-refractivity contribution in [3.8, 4) is 0 Å². The van der Waals surface area contributed by atoms with Crippen molar-refractivity contribution in [2.75, 3.05) is 11.1 Å². The van der Waals surface area contributed by atoms with Crippen molar-refractivity contribution in [3.05, 3.63) is 45.4 Å². The molecular formula is C17H20N4OS2. The summed E-state index contributed by atoms with van der Waals surface area (Å²) in [5.41, 5.74) is 8.14. The van der Waals surface area contributed by atoms with Crippen LogP contribution in [-0.2, 0) is 5.54 Å². The third-order valence-corrected chi connectivity index (χ3v) is 5.91. The molecule has 0 unspecified atom stereocenters. The Morgan fingerprint density at radius 3 is 2.83 bits per heavy atom. The van der Waals surface area contributed by atoms with Gasteiger partial charge in [0, 0.05) is 11.4 Å². The highest BCUT2D eigenvalue weighted by Gasteiger charge is 2.29. The number of hydrogen-bond acceptors (Lipinski definition) is 6. The molecule has 2 heterocycles. The molecule has 5 nitrogen and oxygen atoms in total. The SMILES string of the molecule is Cc1nc(C)c(C(=O)Nc2cccc([C@]3(C)CCSC(N)=N3)c2)s1. The highest BCUT2D eigenvalue weighted by atomic mass is 32.2. The second-order valence-corrected chi connectivity index (χ2v) is 8.32. The summed E-state index contributed by atoms with van der Waals surface area (Å²) in [7, 11) is 0. The van der Waals surface area contributed by atoms with Gasteiger partial charge in [0.15, 0.2) is 5.17 Å². The number of benzene rings is 1. The number of amidine groups is 1. The van der Waals surface area contributed by atoms with E-state index in [9.17, 15) is 4.79 Å². The first kappa shape index (κ1) is 17.0. The number of nitrogens with one attached hydrogen (secondary N) is 1. The van der Waals surface area contributed by atoms with Crippen LogP contribution in [0.5, 0.6) is 0 Å². The molecule has 0 fully saturated rings. The lowest BCUT2D eigenvalue weighted by Crippen LogP contribution is -2.28. The van der Waals surface area contributed by atoms with Crippen LogP contribution in [0.15, 0.2) is 29.3 Å². The van der Waals surface area contributed by atoms with Crippen molar-refractivity contribution in [2.24, 2.45) is 10.7 Å². The number of aliphatic imine (C=N–C) groups is 1. The molecular weight excluding hydrogens is 340 g/mol. The van der Waals surface area contributed by atoms with Gasteiger partial charge in [-0.15, -0.1) is 11.3 Å². The molecule has 1 aromatic heterocycles. The minimum Gasteiger partial charge on any atom is -0.379 e. The summed E-state index contributed by atoms with van der Waals surface area (Å²) in [6, 6.07) is 7.84. The van der Waals surface area contributed by atoms with E-state index in [-0.39, 0.29) is 11.4 Å². The van der Waals surface area contributed by atoms with E-state index >= 15 is 0 Å². The van der Waals surface area contributed by atoms with Gasteiger partial charge < -0.3 is 11.1 Å². The maximum absolute atomic E-state index is 12.5. The first-order valence-electron chi connectivity index (χ1n) is 7.71. The average Bonchev–Trinajstić information content (AvgIpc) is 2.86. The molecule has 1 atom stereocenters. The summed E-state index contributed by atoms with van der Waals surface area (Å²) in [5.74, 6) is 0.824. The number of hydrogen-bond donors (Lipinski definition) is 2. The van der Waals surface area contributed by atoms with Crippen molar-refractivity contribution in [1.82, 2.24) is 4.98 Å². The fraction of sp³-hybridized carbons (Fsp3) is 0.353. The second-order valence-electron chi connectivity index (χ2n) is 6.00. The molecule has 1 aliphatic heterocycles. The highest BCUT2D eigenvalue weighted by Crippen LogP contribution is 2.36. The van der Waals surface area contributed by atoms with Crippen molar-refractivity contribution in [2.45, 2.75) is 32.7 Å². The van der Waals surface area contributed by atoms with Gasteiger partial charge in [0.05, 0.1) is 16.2 Å². The molecule has 0 spiro atoms. The van der Waals surface area contributed by atoms with Gasteiger partial charge in [-0.2, -0.15) is 0 Å². The molecule has 1 aliphatic rings. The number of anilines is 1. The van der Waals surface area contributed by atoms with Gasteiger partial charge in [-0.1, -0.05) is 23.9 Å². The molecule has 0 saturated heterocycles. The quantitative estimate of drug-likeness (QED) is 0.875. The van der Waals surface area contributed by atoms with Crippen molar-refractivity contribution in [3.63, 3.8) is 0 Å². The molecule has 1 amide bonds. The van der Waals surface area contributed by atoms with Crippen molar-refractivity contribution >= 4 is 39.9 Å². The number of carbonyl (C=O) groups excluding carboxylic acids is 1. The van der Waals surface area contributed by atoms with E-state index in [0.29, 0.717) is 10.0 Å². The Balaban J connectivity index is 1.85. The summed E-state index contributed by atoms with van der Waals surface area (Å²) in [4.78, 5) is 22.1. The van der Waals surface area contributed by atoms with Crippen LogP contribution in [0, 0.1) is 13.8 Å². The van der Waals surface area contributed by atoms with E-state index in [1.54, 1.807) is 11.8 Å². The van der Waals surface area contributed by atoms with Gasteiger partial charge in [-0.25, -0.2) is 4.98 Å². The van der Waals surface area contributed by atoms with Crippen LogP contribution in [0.25, 0.3) is 0 Å². The molecule has 3 N–H and O–H groups in total. The molecule has 3 rings (SSSR count). The number of amides is 1. The zero-order chi connectivity index (χ0) is 17.3. The van der Waals surface area contributed by atoms with Crippen molar-refractivity contribution < 1.29 is 4.79 Å². The minimum absolute atomic E-state index is 0.123. The predicted molar refractivity (Wildman–Crippen MR) is 102 cm³/mol. The molecule has 0 radical (unpaired) electrons. The summed E-state index contributed by atoms with van der Waals surface area (Å²) < 4.78 is 0. The number of nitrogens with two attached hydrogens (primary N) is 1. The highest BCUT2D eigenvalue weighted by molar-refractivity contribution is 8.13. The zero-order valence-electron chi connectivity index (χ0n) is 13.9. The van der Waals surface area contributed by atoms with Crippen molar-refractivity contribution in [1.29, 1.82) is 0 Å². The molecule has 0 aliphatic carbocycles. The Hall–Kier alpha value is -1.86. The Bertz CT molecular complexity index is 815. The largest absolute Gasteiger partial charge is 0.379 e. The average molecular weight is 361 g/mol. The lowest BCUT2D eigenvalue weighted by atomic mass is 9.89. The number of rotatable bonds is 3. The van der Waals surface area contributed by atoms with Crippen LogP contribution in [0.1, 0.15) is 39.3 Å². The third kappa shape index (κ3) is 3.47. The number of thiazole rings is 1. The van der Waals surface area contributed by atoms with E-state index in [4.69, 9.17) is 5.73 Å². The van der Waals surface area contributed by atoms with E-state index < -0.39 is 0 Å². The van der Waals surface area contributed by atoms with E-state index in [0.717, 1.165) is 34.1 Å². The molecule has 24 heavy (non-hydrogen) atoms. The lowest BCUT2D eigenvalue weighted by molar-refractivity contribution is 0.103. The Labute approximate surface area is 149 Å². The monoisotopic (exact) mass is 360 g/mol. The van der Waals surface area contributed by atoms with Crippen LogP contribution in [0.4, 0.5) is 5.69 Å². The van der Waals surface area contributed by atoms with E-state index in [1.807, 2.05) is 38.1 Å². The predicted octanol–water partition coefficient (Wildman–Crippen LogP) is 3.68. The maximum atomic E-state index is 12.5. The Morgan fingerprint density at radius 1 is 1.38 bits per heavy atom. The number of aryl methyl sites for hydroxylation is 2. The van der Waals surface area contributed by atoms with Gasteiger partial charge in [0.25, 0.3) is 5.91 Å². The summed E-state index contributed by atoms with van der Waals surface area (Å²) in [5, 5.41) is 4.48. The summed E-state index contributed by atoms with van der Waals surface area (Å²) >= 11 is 2.99. The minimum atomic E-state index is -0.340. The van der Waals surface area contributed by atoms with E-state index in [2.05, 4.69) is 22.2 Å². The molecule has 0 bridgehead atoms. The fourth-order valence-corrected chi connectivity index (χ4v) is 4.55. The number of nitrogens with zero attached hydrogens (tertiary/aromatic N) is 2. The number of aromatic nitrogens is 1. The van der Waals surface area contributed by atoms with Gasteiger partial charge in [0.2, 0.25) is 0 Å². The van der Waals surface area contributed by atoms with Gasteiger partial charge in [-0.05, 0) is 44.9 Å². The molecule has 1 aromatic carbocycles. The maximum Gasteiger partial charge on any atom is 0.267 e. The number of thioether (sulfide) groups is 1. The standard InChI is InChI=1S/C17H20N4OS2/c1-10-14(24-11(2)19-10)15(22)20-13-6-4-5-12(9-13)17(3)7-8-23-16(18)21-17/h4-6,9H,7-8H2,1-3H3,(H2,18,21)(H,20,22)/t17-/m0/s1. The zero-order valence-corrected chi connectivity index (χ0v) is 15.6. The molecule has 126 valence electrons. The normalized spacial score (nSPS) is 20.5. The van der Waals surface area contributed by atoms with Crippen LogP contribution in [0.2, 0.25) is 0 Å². The smallest absolute Gasteiger partial charge is 0.267 e. The summed E-state index contributed by atoms with van der Waals surface area (Å²) in [6.45, 7) is 5.84. The van der Waals surface area contributed by atoms with Gasteiger partial charge in [0.1, 0.15) is 4.88 Å². The fourth-order valence-electron chi connectivity index (χ4n) is 2.76. The van der Waals surface area contributed by atoms with Gasteiger partial charge >= 0.3 is 0 Å². The van der Waals surface area contributed by atoms with Crippen LogP contribution in [-0.4, -0.2) is 21.8 Å². The number of carbonyl (C=O) groups is 1. The first-order valence-corrected chi connectivity index (χ1v) is 9.52. The third-order valence-electron chi connectivity index (χ3n) is 4.05. The van der Waals surface area contributed by atoms with Crippen LogP contribution in [0.3, 0.4) is 0 Å².